The van der Waals surface area contributed by atoms with E-state index in [9.17, 15) is 14.9 Å². The lowest BCUT2D eigenvalue weighted by Crippen LogP contribution is -1.95. The van der Waals surface area contributed by atoms with Crippen molar-refractivity contribution in [2.24, 2.45) is 0 Å². The molecular formula is C21H13NO4. The molecule has 0 aliphatic heterocycles. The molecule has 26 heavy (non-hydrogen) atoms. The lowest BCUT2D eigenvalue weighted by molar-refractivity contribution is 0.0686. The topological polar surface area (TPSA) is 98.4 Å². The molecule has 3 aromatic rings. The number of carbonyl (C=O) groups is 2. The summed E-state index contributed by atoms with van der Waals surface area (Å²) in [6, 6.07) is 20.3. The predicted octanol–water partition coefficient (Wildman–Crippen LogP) is 4.29. The molecule has 0 aliphatic carbocycles. The van der Waals surface area contributed by atoms with Gasteiger partial charge in [-0.05, 0) is 64.7 Å². The highest BCUT2D eigenvalue weighted by Gasteiger charge is 2.08. The van der Waals surface area contributed by atoms with E-state index in [4.69, 9.17) is 10.2 Å². The first kappa shape index (κ1) is 16.9. The number of aromatic carboxylic acids is 2. The number of nitriles is 1. The van der Waals surface area contributed by atoms with Crippen molar-refractivity contribution in [3.63, 3.8) is 0 Å². The third-order valence-electron chi connectivity index (χ3n) is 3.99. The Kier molecular flexibility index (Phi) is 4.50. The summed E-state index contributed by atoms with van der Waals surface area (Å²) in [5.41, 5.74) is 3.97. The van der Waals surface area contributed by atoms with Crippen molar-refractivity contribution in [3.8, 4) is 28.3 Å². The maximum absolute atomic E-state index is 11.0. The highest BCUT2D eigenvalue weighted by atomic mass is 16.4. The average Bonchev–Trinajstić information content (AvgIpc) is 2.67. The fourth-order valence-corrected chi connectivity index (χ4v) is 2.64. The van der Waals surface area contributed by atoms with Gasteiger partial charge in [0.1, 0.15) is 0 Å². The summed E-state index contributed by atoms with van der Waals surface area (Å²) in [6.07, 6.45) is 0. The summed E-state index contributed by atoms with van der Waals surface area (Å²) in [6.45, 7) is 0. The average molecular weight is 343 g/mol. The van der Waals surface area contributed by atoms with Crippen molar-refractivity contribution in [2.75, 3.05) is 0 Å². The smallest absolute Gasteiger partial charge is 0.335 e. The van der Waals surface area contributed by atoms with Crippen LogP contribution in [0.25, 0.3) is 22.3 Å². The molecule has 0 unspecified atom stereocenters. The van der Waals surface area contributed by atoms with Gasteiger partial charge in [0, 0.05) is 0 Å². The van der Waals surface area contributed by atoms with Crippen LogP contribution in [-0.4, -0.2) is 22.2 Å². The summed E-state index contributed by atoms with van der Waals surface area (Å²) in [5, 5.41) is 27.3. The second kappa shape index (κ2) is 6.91. The monoisotopic (exact) mass is 343 g/mol. The normalized spacial score (nSPS) is 10.1. The van der Waals surface area contributed by atoms with E-state index in [1.165, 1.54) is 24.3 Å². The van der Waals surface area contributed by atoms with Crippen molar-refractivity contribution < 1.29 is 19.8 Å². The van der Waals surface area contributed by atoms with Gasteiger partial charge in [0.05, 0.1) is 22.8 Å². The lowest BCUT2D eigenvalue weighted by Gasteiger charge is -2.08. The number of rotatable bonds is 4. The summed E-state index contributed by atoms with van der Waals surface area (Å²) < 4.78 is 0. The number of hydrogen-bond donors (Lipinski definition) is 2. The molecule has 0 saturated heterocycles. The first-order chi connectivity index (χ1) is 12.5. The lowest BCUT2D eigenvalue weighted by atomic mass is 9.95. The van der Waals surface area contributed by atoms with Crippen LogP contribution in [0.2, 0.25) is 0 Å². The molecule has 0 amide bonds. The zero-order valence-corrected chi connectivity index (χ0v) is 13.5. The molecule has 0 aromatic heterocycles. The number of hydrogen-bond acceptors (Lipinski definition) is 3. The molecule has 0 heterocycles. The van der Waals surface area contributed by atoms with Crippen LogP contribution >= 0.6 is 0 Å². The molecule has 5 heteroatoms. The van der Waals surface area contributed by atoms with Crippen LogP contribution in [0.4, 0.5) is 0 Å². The standard InChI is InChI=1S/C21H13NO4/c22-12-13-9-18(14-1-5-16(6-2-14)20(23)24)11-19(10-13)15-3-7-17(8-4-15)21(25)26/h1-11H,(H,23,24)(H,25,26). The van der Waals surface area contributed by atoms with Crippen LogP contribution in [0, 0.1) is 11.3 Å². The fraction of sp³-hybridized carbons (Fsp3) is 0. The zero-order valence-electron chi connectivity index (χ0n) is 13.5. The maximum atomic E-state index is 11.0. The molecular weight excluding hydrogens is 330 g/mol. The van der Waals surface area contributed by atoms with Gasteiger partial charge in [-0.1, -0.05) is 24.3 Å². The van der Waals surface area contributed by atoms with Gasteiger partial charge in [-0.3, -0.25) is 0 Å². The summed E-state index contributed by atoms with van der Waals surface area (Å²) in [5.74, 6) is -2.00. The quantitative estimate of drug-likeness (QED) is 0.736. The minimum atomic E-state index is -0.999. The molecule has 3 aromatic carbocycles. The van der Waals surface area contributed by atoms with Crippen LogP contribution in [0.15, 0.2) is 66.7 Å². The van der Waals surface area contributed by atoms with Crippen molar-refractivity contribution >= 4 is 11.9 Å². The van der Waals surface area contributed by atoms with E-state index >= 15 is 0 Å². The van der Waals surface area contributed by atoms with Crippen LogP contribution in [0.3, 0.4) is 0 Å². The molecule has 2 N–H and O–H groups in total. The SMILES string of the molecule is N#Cc1cc(-c2ccc(C(=O)O)cc2)cc(-c2ccc(C(=O)O)cc2)c1. The molecule has 0 saturated carbocycles. The van der Waals surface area contributed by atoms with Crippen LogP contribution in [-0.2, 0) is 0 Å². The van der Waals surface area contributed by atoms with E-state index in [0.717, 1.165) is 22.3 Å². The second-order valence-corrected chi connectivity index (χ2v) is 5.68. The van der Waals surface area contributed by atoms with Crippen molar-refractivity contribution in [1.29, 1.82) is 5.26 Å². The van der Waals surface area contributed by atoms with E-state index < -0.39 is 11.9 Å². The van der Waals surface area contributed by atoms with Gasteiger partial charge < -0.3 is 10.2 Å². The van der Waals surface area contributed by atoms with E-state index in [0.29, 0.717) is 5.56 Å². The largest absolute Gasteiger partial charge is 0.478 e. The van der Waals surface area contributed by atoms with Crippen LogP contribution in [0.1, 0.15) is 26.3 Å². The van der Waals surface area contributed by atoms with Gasteiger partial charge >= 0.3 is 11.9 Å². The number of nitrogens with zero attached hydrogens (tertiary/aromatic N) is 1. The molecule has 0 bridgehead atoms. The van der Waals surface area contributed by atoms with Crippen molar-refractivity contribution in [3.05, 3.63) is 83.4 Å². The van der Waals surface area contributed by atoms with Crippen LogP contribution < -0.4 is 0 Å². The van der Waals surface area contributed by atoms with Crippen molar-refractivity contribution in [1.82, 2.24) is 0 Å². The minimum absolute atomic E-state index is 0.190. The summed E-state index contributed by atoms with van der Waals surface area (Å²) >= 11 is 0. The molecule has 0 fully saturated rings. The van der Waals surface area contributed by atoms with E-state index in [1.54, 1.807) is 36.4 Å². The second-order valence-electron chi connectivity index (χ2n) is 5.68. The van der Waals surface area contributed by atoms with Gasteiger partial charge in [0.25, 0.3) is 0 Å². The third kappa shape index (κ3) is 3.45. The molecule has 0 atom stereocenters. The Hall–Kier alpha value is -3.91. The van der Waals surface area contributed by atoms with Gasteiger partial charge in [-0.15, -0.1) is 0 Å². The van der Waals surface area contributed by atoms with Gasteiger partial charge in [0.15, 0.2) is 0 Å². The fourth-order valence-electron chi connectivity index (χ4n) is 2.64. The first-order valence-electron chi connectivity index (χ1n) is 7.70. The Bertz CT molecular complexity index is 953. The summed E-state index contributed by atoms with van der Waals surface area (Å²) in [4.78, 5) is 22.0. The van der Waals surface area contributed by atoms with Crippen LogP contribution in [0.5, 0.6) is 0 Å². The number of carboxylic acid groups (broad SMARTS) is 2. The van der Waals surface area contributed by atoms with Gasteiger partial charge in [-0.25, -0.2) is 9.59 Å². The Morgan fingerprint density at radius 1 is 0.654 bits per heavy atom. The maximum Gasteiger partial charge on any atom is 0.335 e. The van der Waals surface area contributed by atoms with E-state index in [2.05, 4.69) is 6.07 Å². The van der Waals surface area contributed by atoms with Gasteiger partial charge in [-0.2, -0.15) is 5.26 Å². The minimum Gasteiger partial charge on any atom is -0.478 e. The Morgan fingerprint density at radius 3 is 1.35 bits per heavy atom. The zero-order chi connectivity index (χ0) is 18.7. The Labute approximate surface area is 149 Å². The highest BCUT2D eigenvalue weighted by molar-refractivity contribution is 5.89. The van der Waals surface area contributed by atoms with E-state index in [1.807, 2.05) is 6.07 Å². The first-order valence-corrected chi connectivity index (χ1v) is 7.70. The van der Waals surface area contributed by atoms with Crippen molar-refractivity contribution in [2.45, 2.75) is 0 Å². The van der Waals surface area contributed by atoms with Gasteiger partial charge in [0.2, 0.25) is 0 Å². The molecule has 0 radical (unpaired) electrons. The highest BCUT2D eigenvalue weighted by Crippen LogP contribution is 2.28. The third-order valence-corrected chi connectivity index (χ3v) is 3.99. The number of benzene rings is 3. The van der Waals surface area contributed by atoms with E-state index in [-0.39, 0.29) is 11.1 Å². The molecule has 0 spiro atoms. The molecule has 126 valence electrons. The summed E-state index contributed by atoms with van der Waals surface area (Å²) in [7, 11) is 0. The number of carboxylic acids is 2. The molecule has 0 aliphatic rings. The Balaban J connectivity index is 2.05. The predicted molar refractivity (Wildman–Crippen MR) is 95.9 cm³/mol. The molecule has 5 nitrogen and oxygen atoms in total. The molecule has 3 rings (SSSR count). The Morgan fingerprint density at radius 2 is 1.04 bits per heavy atom.